The van der Waals surface area contributed by atoms with Gasteiger partial charge in [0.2, 0.25) is 5.67 Å². The van der Waals surface area contributed by atoms with Crippen LogP contribution in [0.5, 0.6) is 0 Å². The first-order valence-electron chi connectivity index (χ1n) is 12.9. The molecule has 0 saturated carbocycles. The number of anilines is 1. The minimum Gasteiger partial charge on any atom is -0.386 e. The average molecular weight is 637 g/mol. The number of hydrogen-bond acceptors (Lipinski definition) is 13. The van der Waals surface area contributed by atoms with Crippen molar-refractivity contribution in [2.75, 3.05) is 43.7 Å². The van der Waals surface area contributed by atoms with Crippen molar-refractivity contribution in [3.63, 3.8) is 0 Å². The van der Waals surface area contributed by atoms with Crippen molar-refractivity contribution in [1.82, 2.24) is 14.6 Å². The number of aromatic nitrogens is 3. The van der Waals surface area contributed by atoms with Gasteiger partial charge in [-0.05, 0) is 12.1 Å². The maximum atomic E-state index is 16.1. The summed E-state index contributed by atoms with van der Waals surface area (Å²) in [6.45, 7) is 9.38. The second kappa shape index (κ2) is 13.4. The van der Waals surface area contributed by atoms with Gasteiger partial charge in [-0.2, -0.15) is 5.10 Å². The number of ether oxygens (including phenoxy) is 1. The summed E-state index contributed by atoms with van der Waals surface area (Å²) >= 11 is 2.04. The van der Waals surface area contributed by atoms with E-state index in [2.05, 4.69) is 10.1 Å². The Balaban J connectivity index is 1.64. The molecule has 3 atom stereocenters. The number of phosphoric ester groups is 1. The van der Waals surface area contributed by atoms with E-state index in [4.69, 9.17) is 24.0 Å². The van der Waals surface area contributed by atoms with E-state index in [1.165, 1.54) is 23.0 Å². The highest BCUT2D eigenvalue weighted by atomic mass is 32.2. The molecule has 0 aromatic carbocycles. The first-order chi connectivity index (χ1) is 19.0. The van der Waals surface area contributed by atoms with Gasteiger partial charge in [0, 0.05) is 22.3 Å². The van der Waals surface area contributed by atoms with Gasteiger partial charge in [0.25, 0.3) is 0 Å². The topological polar surface area (TPSA) is 165 Å². The van der Waals surface area contributed by atoms with Gasteiger partial charge < -0.3 is 15.6 Å². The van der Waals surface area contributed by atoms with Gasteiger partial charge in [0.1, 0.15) is 24.1 Å². The van der Waals surface area contributed by atoms with Crippen LogP contribution < -0.4 is 5.73 Å². The lowest BCUT2D eigenvalue weighted by molar-refractivity contribution is -0.118. The van der Waals surface area contributed by atoms with E-state index in [0.29, 0.717) is 5.52 Å². The van der Waals surface area contributed by atoms with Crippen molar-refractivity contribution >= 4 is 52.9 Å². The molecule has 2 aromatic heterocycles. The van der Waals surface area contributed by atoms with Crippen molar-refractivity contribution < 1.29 is 42.0 Å². The van der Waals surface area contributed by atoms with Gasteiger partial charge in [-0.3, -0.25) is 23.2 Å². The molecule has 0 bridgehead atoms. The van der Waals surface area contributed by atoms with Gasteiger partial charge in [-0.1, -0.05) is 65.1 Å². The van der Waals surface area contributed by atoms with Crippen molar-refractivity contribution in [3.05, 3.63) is 24.2 Å². The van der Waals surface area contributed by atoms with Crippen molar-refractivity contribution in [2.24, 2.45) is 10.8 Å². The number of nitrogens with zero attached hydrogens (tertiary/aromatic N) is 3. The molecule has 3 heterocycles. The zero-order valence-corrected chi connectivity index (χ0v) is 26.5. The van der Waals surface area contributed by atoms with E-state index in [9.17, 15) is 19.3 Å². The molecular weight excluding hydrogens is 598 g/mol. The number of carbonyl (C=O) groups excluding carboxylic acids is 2. The van der Waals surface area contributed by atoms with E-state index >= 15 is 4.39 Å². The number of aliphatic hydroxyl groups is 1. The van der Waals surface area contributed by atoms with Crippen LogP contribution >= 0.6 is 31.3 Å². The summed E-state index contributed by atoms with van der Waals surface area (Å²) in [5.74, 6) is 0.516. The summed E-state index contributed by atoms with van der Waals surface area (Å²) in [6.07, 6.45) is -1.77. The van der Waals surface area contributed by atoms with E-state index in [0.717, 1.165) is 23.5 Å². The third-order valence-electron chi connectivity index (χ3n) is 5.99. The van der Waals surface area contributed by atoms with Crippen LogP contribution in [-0.2, 0) is 38.1 Å². The lowest BCUT2D eigenvalue weighted by Crippen LogP contribution is -2.40. The quantitative estimate of drug-likeness (QED) is 0.254. The van der Waals surface area contributed by atoms with Gasteiger partial charge in [0.15, 0.2) is 16.0 Å². The van der Waals surface area contributed by atoms with Crippen molar-refractivity contribution in [1.29, 1.82) is 0 Å². The van der Waals surface area contributed by atoms with Gasteiger partial charge in [-0.25, -0.2) is 18.5 Å². The molecule has 1 saturated heterocycles. The van der Waals surface area contributed by atoms with Crippen LogP contribution in [0.4, 0.5) is 10.2 Å². The van der Waals surface area contributed by atoms with Crippen LogP contribution in [0.1, 0.15) is 47.2 Å². The number of nitrogen functional groups attached to an aromatic ring is 1. The Labute approximate surface area is 247 Å². The molecule has 0 aliphatic carbocycles. The van der Waals surface area contributed by atoms with Crippen LogP contribution in [0.2, 0.25) is 0 Å². The van der Waals surface area contributed by atoms with Gasteiger partial charge in [-0.15, -0.1) is 0 Å². The number of phosphoric acid groups is 1. The normalized spacial score (nSPS) is 22.0. The van der Waals surface area contributed by atoms with Crippen LogP contribution in [0.25, 0.3) is 5.52 Å². The molecule has 3 N–H and O–H groups in total. The van der Waals surface area contributed by atoms with E-state index in [-0.39, 0.29) is 46.5 Å². The zero-order valence-electron chi connectivity index (χ0n) is 24.0. The molecule has 12 nitrogen and oxygen atoms in total. The van der Waals surface area contributed by atoms with Crippen LogP contribution in [0.15, 0.2) is 18.5 Å². The number of carbonyl (C=O) groups is 2. The highest BCUT2D eigenvalue weighted by Gasteiger charge is 2.53. The van der Waals surface area contributed by atoms with Crippen molar-refractivity contribution in [2.45, 2.75) is 59.4 Å². The Morgan fingerprint density at radius 1 is 1.12 bits per heavy atom. The molecule has 41 heavy (non-hydrogen) atoms. The second-order valence-electron chi connectivity index (χ2n) is 11.5. The first-order valence-corrected chi connectivity index (χ1v) is 16.4. The van der Waals surface area contributed by atoms with E-state index < -0.39 is 49.7 Å². The number of hydrogen-bond donors (Lipinski definition) is 2. The molecule has 0 spiro atoms. The Hall–Kier alpha value is -1.58. The summed E-state index contributed by atoms with van der Waals surface area (Å²) in [5.41, 5.74) is 2.72. The summed E-state index contributed by atoms with van der Waals surface area (Å²) in [5, 5.41) is 14.8. The van der Waals surface area contributed by atoms with Crippen LogP contribution in [-0.4, -0.2) is 80.1 Å². The Bertz CT molecular complexity index is 1250. The van der Waals surface area contributed by atoms with Gasteiger partial charge in [0.05, 0.1) is 32.1 Å². The molecule has 1 aliphatic heterocycles. The molecule has 2 aromatic rings. The minimum absolute atomic E-state index is 0.00774. The molecule has 1 fully saturated rings. The molecule has 1 aliphatic rings. The maximum absolute atomic E-state index is 16.1. The summed E-state index contributed by atoms with van der Waals surface area (Å²) in [6, 6.07) is 2.96. The fourth-order valence-electron chi connectivity index (χ4n) is 3.61. The molecule has 3 rings (SSSR count). The second-order valence-corrected chi connectivity index (χ2v) is 15.3. The smallest absolute Gasteiger partial charge is 0.386 e. The maximum Gasteiger partial charge on any atom is 0.474 e. The SMILES string of the molecule is CC(C)(C)C(=O)SCCOP(=O)(OCCSC(=O)C(C)(C)C)OCC1OCC(F)(c2ccc3c(N)ncnn23)C1O. The molecule has 3 unspecified atom stereocenters. The Morgan fingerprint density at radius 2 is 1.68 bits per heavy atom. The Kier molecular flexibility index (Phi) is 11.1. The fraction of sp³-hybridized carbons (Fsp3) is 0.680. The van der Waals surface area contributed by atoms with Gasteiger partial charge >= 0.3 is 7.82 Å². The highest BCUT2D eigenvalue weighted by Crippen LogP contribution is 2.51. The molecule has 0 radical (unpaired) electrons. The Morgan fingerprint density at radius 3 is 2.22 bits per heavy atom. The fourth-order valence-corrected chi connectivity index (χ4v) is 6.61. The number of thioether (sulfide) groups is 2. The molecule has 0 amide bonds. The van der Waals surface area contributed by atoms with E-state index in [1.807, 2.05) is 0 Å². The first kappa shape index (κ1) is 33.9. The number of halogens is 1. The number of aliphatic hydroxyl groups excluding tert-OH is 1. The molecular formula is C25H38FN4O8PS2. The van der Waals surface area contributed by atoms with Crippen molar-refractivity contribution in [3.8, 4) is 0 Å². The predicted octanol–water partition coefficient (Wildman–Crippen LogP) is 4.01. The highest BCUT2D eigenvalue weighted by molar-refractivity contribution is 8.14. The minimum atomic E-state index is -4.25. The van der Waals surface area contributed by atoms with Crippen LogP contribution in [0, 0.1) is 10.8 Å². The summed E-state index contributed by atoms with van der Waals surface area (Å²) in [7, 11) is -4.25. The van der Waals surface area contributed by atoms with E-state index in [1.54, 1.807) is 41.5 Å². The summed E-state index contributed by atoms with van der Waals surface area (Å²) < 4.78 is 52.6. The predicted molar refractivity (Wildman–Crippen MR) is 155 cm³/mol. The standard InChI is InChI=1S/C25H38FN4O8PS2/c1-23(2,3)21(32)40-11-9-36-39(34,37-10-12-41-22(33)24(4,5)6)38-13-17-19(31)25(26,14-35-17)18-8-7-16-20(27)28-15-29-30(16)18/h7-8,15,17,19,31H,9-14H2,1-6H3,(H2,27,28,29). The number of fused-ring (bicyclic) bond motifs is 1. The largest absolute Gasteiger partial charge is 0.474 e. The molecule has 16 heteroatoms. The summed E-state index contributed by atoms with van der Waals surface area (Å²) in [4.78, 5) is 28.2. The molecule has 230 valence electrons. The number of alkyl halides is 1. The average Bonchev–Trinajstić information content (AvgIpc) is 3.45. The third kappa shape index (κ3) is 8.50. The number of rotatable bonds is 12. The lowest BCUT2D eigenvalue weighted by atomic mass is 9.95. The monoisotopic (exact) mass is 636 g/mol. The lowest BCUT2D eigenvalue weighted by Gasteiger charge is -2.24. The number of nitrogens with two attached hydrogens (primary N) is 1. The van der Waals surface area contributed by atoms with Crippen LogP contribution in [0.3, 0.4) is 0 Å². The third-order valence-corrected chi connectivity index (χ3v) is 9.94. The zero-order chi connectivity index (χ0) is 30.6.